The second-order valence-electron chi connectivity index (χ2n) is 8.72. The highest BCUT2D eigenvalue weighted by Gasteiger charge is 2.28. The van der Waals surface area contributed by atoms with E-state index < -0.39 is 0 Å². The van der Waals surface area contributed by atoms with Crippen molar-refractivity contribution >= 4 is 51.4 Å². The van der Waals surface area contributed by atoms with E-state index in [0.29, 0.717) is 33.9 Å². The molecular formula is C26H25ClN8O. The SMILES string of the molecule is C=CC(=O)Nc1cc(Nc2ncc3ccnc(-c4cncc(Cl)c4)c3n2)ccc1N(C)C1CN(C)C1. The van der Waals surface area contributed by atoms with Gasteiger partial charge in [0.15, 0.2) is 0 Å². The number of fused-ring (bicyclic) bond motifs is 1. The van der Waals surface area contributed by atoms with Crippen molar-refractivity contribution in [1.29, 1.82) is 0 Å². The molecule has 0 unspecified atom stereocenters. The van der Waals surface area contributed by atoms with E-state index in [1.54, 1.807) is 30.9 Å². The molecule has 10 heteroatoms. The Labute approximate surface area is 213 Å². The van der Waals surface area contributed by atoms with Crippen LogP contribution in [-0.2, 0) is 4.79 Å². The smallest absolute Gasteiger partial charge is 0.247 e. The fraction of sp³-hybridized carbons (Fsp3) is 0.192. The molecule has 182 valence electrons. The molecule has 0 bridgehead atoms. The van der Waals surface area contributed by atoms with E-state index in [1.165, 1.54) is 6.08 Å². The Bertz CT molecular complexity index is 1450. The first kappa shape index (κ1) is 23.7. The van der Waals surface area contributed by atoms with Crippen LogP contribution in [-0.4, -0.2) is 64.0 Å². The molecule has 5 rings (SSSR count). The number of carbonyl (C=O) groups excluding carboxylic acids is 1. The summed E-state index contributed by atoms with van der Waals surface area (Å²) in [6.07, 6.45) is 7.98. The van der Waals surface area contributed by atoms with Crippen LogP contribution in [0.5, 0.6) is 0 Å². The number of anilines is 4. The van der Waals surface area contributed by atoms with Crippen molar-refractivity contribution in [1.82, 2.24) is 24.8 Å². The highest BCUT2D eigenvalue weighted by molar-refractivity contribution is 6.30. The van der Waals surface area contributed by atoms with Gasteiger partial charge in [-0.25, -0.2) is 9.97 Å². The fourth-order valence-electron chi connectivity index (χ4n) is 4.21. The van der Waals surface area contributed by atoms with Gasteiger partial charge >= 0.3 is 0 Å². The predicted octanol–water partition coefficient (Wildman–Crippen LogP) is 4.36. The van der Waals surface area contributed by atoms with Gasteiger partial charge in [0, 0.05) is 61.6 Å². The van der Waals surface area contributed by atoms with E-state index >= 15 is 0 Å². The quantitative estimate of drug-likeness (QED) is 0.361. The van der Waals surface area contributed by atoms with E-state index in [9.17, 15) is 4.79 Å². The highest BCUT2D eigenvalue weighted by atomic mass is 35.5. The summed E-state index contributed by atoms with van der Waals surface area (Å²) in [5.74, 6) is 0.120. The zero-order valence-electron chi connectivity index (χ0n) is 19.9. The lowest BCUT2D eigenvalue weighted by Gasteiger charge is -2.43. The number of pyridine rings is 2. The molecule has 1 aliphatic heterocycles. The number of aromatic nitrogens is 4. The summed E-state index contributed by atoms with van der Waals surface area (Å²) in [7, 11) is 4.13. The number of benzene rings is 1. The number of halogens is 1. The molecule has 0 aliphatic carbocycles. The second kappa shape index (κ2) is 9.88. The largest absolute Gasteiger partial charge is 0.367 e. The van der Waals surface area contributed by atoms with Crippen LogP contribution in [0.15, 0.2) is 67.8 Å². The Hall–Kier alpha value is -4.08. The number of hydrogen-bond acceptors (Lipinski definition) is 8. The highest BCUT2D eigenvalue weighted by Crippen LogP contribution is 2.33. The number of nitrogens with one attached hydrogen (secondary N) is 2. The number of amides is 1. The Morgan fingerprint density at radius 2 is 2.03 bits per heavy atom. The second-order valence-corrected chi connectivity index (χ2v) is 9.16. The van der Waals surface area contributed by atoms with Crippen molar-refractivity contribution in [2.24, 2.45) is 0 Å². The van der Waals surface area contributed by atoms with E-state index in [2.05, 4.69) is 49.0 Å². The molecule has 0 spiro atoms. The number of likely N-dealkylation sites (tertiary alicyclic amines) is 1. The van der Waals surface area contributed by atoms with Gasteiger partial charge in [-0.05, 0) is 43.5 Å². The third-order valence-corrected chi connectivity index (χ3v) is 6.35. The van der Waals surface area contributed by atoms with Crippen LogP contribution in [0.25, 0.3) is 22.2 Å². The molecular weight excluding hydrogens is 476 g/mol. The molecule has 1 saturated heterocycles. The lowest BCUT2D eigenvalue weighted by atomic mass is 10.1. The summed E-state index contributed by atoms with van der Waals surface area (Å²) in [6, 6.07) is 9.82. The van der Waals surface area contributed by atoms with Crippen molar-refractivity contribution in [3.8, 4) is 11.3 Å². The molecule has 2 N–H and O–H groups in total. The third kappa shape index (κ3) is 4.84. The summed E-state index contributed by atoms with van der Waals surface area (Å²) in [4.78, 5) is 34.5. The number of likely N-dealkylation sites (N-methyl/N-ethyl adjacent to an activating group) is 2. The predicted molar refractivity (Wildman–Crippen MR) is 144 cm³/mol. The first-order valence-corrected chi connectivity index (χ1v) is 11.8. The average Bonchev–Trinajstić information content (AvgIpc) is 2.86. The Morgan fingerprint density at radius 3 is 2.78 bits per heavy atom. The molecule has 36 heavy (non-hydrogen) atoms. The maximum Gasteiger partial charge on any atom is 0.247 e. The number of rotatable bonds is 7. The Morgan fingerprint density at radius 1 is 1.19 bits per heavy atom. The molecule has 1 amide bonds. The molecule has 9 nitrogen and oxygen atoms in total. The van der Waals surface area contributed by atoms with Crippen molar-refractivity contribution < 1.29 is 4.79 Å². The van der Waals surface area contributed by atoms with Crippen molar-refractivity contribution in [3.05, 3.63) is 72.8 Å². The van der Waals surface area contributed by atoms with E-state index in [1.807, 2.05) is 31.3 Å². The minimum absolute atomic E-state index is 0.277. The van der Waals surface area contributed by atoms with Crippen LogP contribution in [0.2, 0.25) is 5.02 Å². The third-order valence-electron chi connectivity index (χ3n) is 6.15. The Balaban J connectivity index is 1.48. The molecule has 1 aliphatic rings. The van der Waals surface area contributed by atoms with E-state index in [4.69, 9.17) is 16.6 Å². The first-order valence-electron chi connectivity index (χ1n) is 11.4. The van der Waals surface area contributed by atoms with Crippen LogP contribution in [0.3, 0.4) is 0 Å². The van der Waals surface area contributed by atoms with Gasteiger partial charge < -0.3 is 20.4 Å². The van der Waals surface area contributed by atoms with Crippen molar-refractivity contribution in [2.45, 2.75) is 6.04 Å². The fourth-order valence-corrected chi connectivity index (χ4v) is 4.38. The van der Waals surface area contributed by atoms with Crippen LogP contribution in [0.4, 0.5) is 23.0 Å². The molecule has 0 saturated carbocycles. The first-order chi connectivity index (χ1) is 17.4. The van der Waals surface area contributed by atoms with E-state index in [-0.39, 0.29) is 5.91 Å². The summed E-state index contributed by atoms with van der Waals surface area (Å²) < 4.78 is 0. The molecule has 0 atom stereocenters. The molecule has 4 aromatic rings. The van der Waals surface area contributed by atoms with Crippen LogP contribution in [0, 0.1) is 0 Å². The van der Waals surface area contributed by atoms with Crippen LogP contribution in [0.1, 0.15) is 0 Å². The average molecular weight is 501 g/mol. The Kier molecular flexibility index (Phi) is 6.49. The summed E-state index contributed by atoms with van der Waals surface area (Å²) in [5.41, 5.74) is 4.43. The lowest BCUT2D eigenvalue weighted by molar-refractivity contribution is -0.111. The van der Waals surface area contributed by atoms with Gasteiger partial charge in [-0.3, -0.25) is 14.8 Å². The molecule has 3 aromatic heterocycles. The number of carbonyl (C=O) groups is 1. The number of hydrogen-bond donors (Lipinski definition) is 2. The maximum absolute atomic E-state index is 12.2. The maximum atomic E-state index is 12.2. The molecule has 0 radical (unpaired) electrons. The summed E-state index contributed by atoms with van der Waals surface area (Å²) in [6.45, 7) is 5.51. The zero-order chi connectivity index (χ0) is 25.2. The molecule has 4 heterocycles. The monoisotopic (exact) mass is 500 g/mol. The van der Waals surface area contributed by atoms with Gasteiger partial charge in [-0.15, -0.1) is 0 Å². The van der Waals surface area contributed by atoms with Crippen molar-refractivity contribution in [3.63, 3.8) is 0 Å². The molecule has 1 aromatic carbocycles. The lowest BCUT2D eigenvalue weighted by Crippen LogP contribution is -2.56. The standard InChI is InChI=1S/C26H25ClN8O/c1-4-23(36)32-21-10-19(5-6-22(21)35(3)20-14-34(2)15-20)31-26-30-12-16-7-8-29-24(25(16)33-26)17-9-18(27)13-28-11-17/h4-13,20H,1,14-15H2,2-3H3,(H,32,36)(H,30,31,33). The minimum atomic E-state index is -0.277. The summed E-state index contributed by atoms with van der Waals surface area (Å²) in [5, 5.41) is 7.54. The van der Waals surface area contributed by atoms with Gasteiger partial charge in [-0.2, -0.15) is 0 Å². The zero-order valence-corrected chi connectivity index (χ0v) is 20.7. The number of nitrogens with zero attached hydrogens (tertiary/aromatic N) is 6. The van der Waals surface area contributed by atoms with Crippen LogP contribution >= 0.6 is 11.6 Å². The van der Waals surface area contributed by atoms with Gasteiger partial charge in [0.25, 0.3) is 0 Å². The van der Waals surface area contributed by atoms with Gasteiger partial charge in [0.1, 0.15) is 5.52 Å². The summed E-state index contributed by atoms with van der Waals surface area (Å²) >= 11 is 6.14. The molecule has 1 fully saturated rings. The topological polar surface area (TPSA) is 99.2 Å². The normalized spacial score (nSPS) is 13.8. The van der Waals surface area contributed by atoms with Crippen LogP contribution < -0.4 is 15.5 Å². The van der Waals surface area contributed by atoms with Gasteiger partial charge in [-0.1, -0.05) is 18.2 Å². The van der Waals surface area contributed by atoms with Crippen molar-refractivity contribution in [2.75, 3.05) is 42.7 Å². The van der Waals surface area contributed by atoms with E-state index in [0.717, 1.165) is 35.4 Å². The van der Waals surface area contributed by atoms with Gasteiger partial charge in [0.2, 0.25) is 11.9 Å². The minimum Gasteiger partial charge on any atom is -0.367 e. The van der Waals surface area contributed by atoms with Gasteiger partial charge in [0.05, 0.1) is 28.1 Å².